The standard InChI is InChI=1S/C28H34FN7O3/c29-24-12-9-23(10-13-24)28-32-34-36(33-28)19-4-8-27(39)35-18-5-16-30-25(37)14-11-22(15-17-31-26(38)20-35)21-6-2-1-3-7-21/h1-3,6-7,9-10,12-13,22H,4-5,8,11,14-20H2,(H,30,37)(H,31,38). The van der Waals surface area contributed by atoms with E-state index in [1.165, 1.54) is 16.9 Å². The Labute approximate surface area is 227 Å². The first-order chi connectivity index (χ1) is 19.0. The van der Waals surface area contributed by atoms with Crippen LogP contribution in [0.2, 0.25) is 0 Å². The van der Waals surface area contributed by atoms with Gasteiger partial charge in [-0.1, -0.05) is 30.3 Å². The number of nitrogens with zero attached hydrogens (tertiary/aromatic N) is 5. The van der Waals surface area contributed by atoms with Crippen molar-refractivity contribution in [1.82, 2.24) is 35.7 Å². The van der Waals surface area contributed by atoms with Crippen LogP contribution in [0.25, 0.3) is 11.4 Å². The number of aromatic nitrogens is 4. The highest BCUT2D eigenvalue weighted by Crippen LogP contribution is 2.24. The van der Waals surface area contributed by atoms with Crippen molar-refractivity contribution in [2.75, 3.05) is 26.2 Å². The summed E-state index contributed by atoms with van der Waals surface area (Å²) in [4.78, 5) is 41.0. The minimum Gasteiger partial charge on any atom is -0.356 e. The van der Waals surface area contributed by atoms with Gasteiger partial charge in [-0.3, -0.25) is 14.4 Å². The van der Waals surface area contributed by atoms with E-state index >= 15 is 0 Å². The molecular formula is C28H34FN7O3. The fourth-order valence-electron chi connectivity index (χ4n) is 4.58. The largest absolute Gasteiger partial charge is 0.356 e. The van der Waals surface area contributed by atoms with Crippen LogP contribution in [-0.4, -0.2) is 69.0 Å². The predicted octanol–water partition coefficient (Wildman–Crippen LogP) is 2.68. The van der Waals surface area contributed by atoms with Crippen molar-refractivity contribution in [2.24, 2.45) is 0 Å². The average Bonchev–Trinajstić information content (AvgIpc) is 3.41. The number of hydrogen-bond donors (Lipinski definition) is 2. The molecule has 206 valence electrons. The summed E-state index contributed by atoms with van der Waals surface area (Å²) < 4.78 is 13.1. The van der Waals surface area contributed by atoms with Crippen LogP contribution < -0.4 is 10.6 Å². The van der Waals surface area contributed by atoms with E-state index in [0.29, 0.717) is 69.7 Å². The van der Waals surface area contributed by atoms with E-state index in [2.05, 4.69) is 26.0 Å². The van der Waals surface area contributed by atoms with Gasteiger partial charge in [0.15, 0.2) is 0 Å². The summed E-state index contributed by atoms with van der Waals surface area (Å²) in [5, 5.41) is 18.2. The highest BCUT2D eigenvalue weighted by Gasteiger charge is 2.19. The topological polar surface area (TPSA) is 122 Å². The van der Waals surface area contributed by atoms with E-state index in [1.54, 1.807) is 17.0 Å². The number of amides is 3. The van der Waals surface area contributed by atoms with Gasteiger partial charge in [-0.05, 0) is 66.6 Å². The molecule has 1 aliphatic heterocycles. The van der Waals surface area contributed by atoms with E-state index in [4.69, 9.17) is 0 Å². The van der Waals surface area contributed by atoms with E-state index in [0.717, 1.165) is 5.56 Å². The minimum atomic E-state index is -0.343. The van der Waals surface area contributed by atoms with Crippen LogP contribution in [0.5, 0.6) is 0 Å². The van der Waals surface area contributed by atoms with Crippen molar-refractivity contribution < 1.29 is 18.8 Å². The van der Waals surface area contributed by atoms with Gasteiger partial charge in [0.1, 0.15) is 5.82 Å². The molecule has 4 rings (SSSR count). The molecule has 2 aromatic carbocycles. The Morgan fingerprint density at radius 1 is 0.974 bits per heavy atom. The molecule has 1 fully saturated rings. The Morgan fingerprint density at radius 2 is 1.74 bits per heavy atom. The summed E-state index contributed by atoms with van der Waals surface area (Å²) in [7, 11) is 0. The summed E-state index contributed by atoms with van der Waals surface area (Å²) in [6.45, 7) is 1.62. The molecule has 11 heteroatoms. The molecule has 10 nitrogen and oxygen atoms in total. The third-order valence-electron chi connectivity index (χ3n) is 6.72. The van der Waals surface area contributed by atoms with Gasteiger partial charge in [-0.25, -0.2) is 4.39 Å². The third-order valence-corrected chi connectivity index (χ3v) is 6.72. The van der Waals surface area contributed by atoms with Crippen LogP contribution in [0.1, 0.15) is 50.0 Å². The first-order valence-corrected chi connectivity index (χ1v) is 13.4. The van der Waals surface area contributed by atoms with Crippen LogP contribution in [0.3, 0.4) is 0 Å². The van der Waals surface area contributed by atoms with Gasteiger partial charge in [0.25, 0.3) is 0 Å². The van der Waals surface area contributed by atoms with Crippen molar-refractivity contribution in [2.45, 2.75) is 51.0 Å². The molecule has 2 N–H and O–H groups in total. The lowest BCUT2D eigenvalue weighted by Crippen LogP contribution is -2.42. The average molecular weight is 536 g/mol. The van der Waals surface area contributed by atoms with Gasteiger partial charge < -0.3 is 15.5 Å². The molecule has 3 aromatic rings. The van der Waals surface area contributed by atoms with Gasteiger partial charge in [-0.15, -0.1) is 10.2 Å². The van der Waals surface area contributed by atoms with E-state index in [1.807, 2.05) is 30.3 Å². The smallest absolute Gasteiger partial charge is 0.239 e. The highest BCUT2D eigenvalue weighted by molar-refractivity contribution is 5.84. The maximum Gasteiger partial charge on any atom is 0.239 e. The first kappa shape index (κ1) is 27.9. The Hall–Kier alpha value is -4.15. The Bertz CT molecular complexity index is 1230. The Morgan fingerprint density at radius 3 is 2.54 bits per heavy atom. The summed E-state index contributed by atoms with van der Waals surface area (Å²) in [6.07, 6.45) is 3.06. The summed E-state index contributed by atoms with van der Waals surface area (Å²) >= 11 is 0. The van der Waals surface area contributed by atoms with Crippen LogP contribution in [-0.2, 0) is 20.9 Å². The molecule has 0 saturated carbocycles. The molecule has 0 radical (unpaired) electrons. The maximum atomic E-state index is 13.1. The van der Waals surface area contributed by atoms with Gasteiger partial charge >= 0.3 is 0 Å². The molecule has 2 heterocycles. The quantitative estimate of drug-likeness (QED) is 0.501. The zero-order valence-corrected chi connectivity index (χ0v) is 21.9. The maximum absolute atomic E-state index is 13.1. The molecule has 1 aromatic heterocycles. The minimum absolute atomic E-state index is 0.00441. The normalized spacial score (nSPS) is 17.7. The van der Waals surface area contributed by atoms with Gasteiger partial charge in [0.2, 0.25) is 23.5 Å². The molecule has 3 amide bonds. The second-order valence-corrected chi connectivity index (χ2v) is 9.62. The third kappa shape index (κ3) is 8.69. The monoisotopic (exact) mass is 535 g/mol. The number of nitrogens with one attached hydrogen (secondary N) is 2. The zero-order valence-electron chi connectivity index (χ0n) is 21.9. The van der Waals surface area contributed by atoms with Gasteiger partial charge in [0.05, 0.1) is 13.1 Å². The van der Waals surface area contributed by atoms with Crippen molar-refractivity contribution in [3.05, 3.63) is 66.0 Å². The molecule has 0 spiro atoms. The molecule has 1 aliphatic rings. The van der Waals surface area contributed by atoms with Gasteiger partial charge in [-0.2, -0.15) is 4.80 Å². The molecule has 1 atom stereocenters. The first-order valence-electron chi connectivity index (χ1n) is 13.4. The number of carbonyl (C=O) groups excluding carboxylic acids is 3. The van der Waals surface area contributed by atoms with Crippen LogP contribution in [0, 0.1) is 5.82 Å². The Balaban J connectivity index is 1.29. The number of aryl methyl sites for hydroxylation is 1. The summed E-state index contributed by atoms with van der Waals surface area (Å²) in [6, 6.07) is 15.8. The second-order valence-electron chi connectivity index (χ2n) is 9.62. The lowest BCUT2D eigenvalue weighted by Gasteiger charge is -2.24. The van der Waals surface area contributed by atoms with E-state index < -0.39 is 0 Å². The number of benzene rings is 2. The fourth-order valence-corrected chi connectivity index (χ4v) is 4.58. The lowest BCUT2D eigenvalue weighted by molar-refractivity contribution is -0.136. The number of tetrazole rings is 1. The van der Waals surface area contributed by atoms with Gasteiger partial charge in [0, 0.05) is 38.0 Å². The van der Waals surface area contributed by atoms with Crippen LogP contribution in [0.15, 0.2) is 54.6 Å². The molecule has 1 unspecified atom stereocenters. The Kier molecular flexibility index (Phi) is 10.1. The lowest BCUT2D eigenvalue weighted by atomic mass is 9.91. The number of halogens is 1. The zero-order chi connectivity index (χ0) is 27.5. The van der Waals surface area contributed by atoms with Crippen molar-refractivity contribution >= 4 is 17.7 Å². The second kappa shape index (κ2) is 14.1. The number of hydrogen-bond acceptors (Lipinski definition) is 6. The van der Waals surface area contributed by atoms with Crippen molar-refractivity contribution in [3.8, 4) is 11.4 Å². The fraction of sp³-hybridized carbons (Fsp3) is 0.429. The molecular weight excluding hydrogens is 501 g/mol. The molecule has 0 bridgehead atoms. The summed E-state index contributed by atoms with van der Waals surface area (Å²) in [5.41, 5.74) is 1.80. The molecule has 1 saturated heterocycles. The highest BCUT2D eigenvalue weighted by atomic mass is 19.1. The van der Waals surface area contributed by atoms with Crippen LogP contribution >= 0.6 is 0 Å². The predicted molar refractivity (Wildman–Crippen MR) is 143 cm³/mol. The molecule has 39 heavy (non-hydrogen) atoms. The number of rotatable bonds is 6. The summed E-state index contributed by atoms with van der Waals surface area (Å²) in [5.74, 6) is -0.154. The van der Waals surface area contributed by atoms with Crippen molar-refractivity contribution in [3.63, 3.8) is 0 Å². The van der Waals surface area contributed by atoms with E-state index in [-0.39, 0.29) is 42.4 Å². The van der Waals surface area contributed by atoms with E-state index in [9.17, 15) is 18.8 Å². The SMILES string of the molecule is O=C1CCC(c2ccccc2)CCNC(=O)CN(C(=O)CCCn2nnc(-c3ccc(F)cc3)n2)CCCN1. The number of carbonyl (C=O) groups is 3. The molecule has 0 aliphatic carbocycles. The van der Waals surface area contributed by atoms with Crippen LogP contribution in [0.4, 0.5) is 4.39 Å². The van der Waals surface area contributed by atoms with Crippen molar-refractivity contribution in [1.29, 1.82) is 0 Å².